The molecule has 0 spiro atoms. The maximum atomic E-state index is 11.8. The molecule has 8 heteroatoms. The first-order chi connectivity index (χ1) is 15.8. The maximum absolute atomic E-state index is 11.8. The van der Waals surface area contributed by atoms with E-state index in [1.54, 1.807) is 42.5 Å². The lowest BCUT2D eigenvalue weighted by Gasteiger charge is -2.16. The van der Waals surface area contributed by atoms with Crippen molar-refractivity contribution in [2.45, 2.75) is 83.2 Å². The predicted molar refractivity (Wildman–Crippen MR) is 126 cm³/mol. The highest BCUT2D eigenvalue weighted by Gasteiger charge is 2.17. The first-order valence-corrected chi connectivity index (χ1v) is 11.5. The van der Waals surface area contributed by atoms with Gasteiger partial charge in [-0.05, 0) is 19.3 Å². The molecule has 0 amide bonds. The molecule has 0 heterocycles. The van der Waals surface area contributed by atoms with Crippen LogP contribution in [0.3, 0.4) is 0 Å². The van der Waals surface area contributed by atoms with E-state index in [1.807, 2.05) is 0 Å². The second-order valence-electron chi connectivity index (χ2n) is 7.65. The molecule has 188 valence electrons. The largest absolute Gasteiger partial charge is 0.462 e. The molecule has 0 unspecified atom stereocenters. The molecule has 0 aromatic heterocycles. The SMILES string of the molecule is CCCCC[C@H](O)/C=C/C=C\C=C\C=C\[C@H](O)[C@@H](O)CCCC(=O)O[C@@H](CO)COC(C)=O. The summed E-state index contributed by atoms with van der Waals surface area (Å²) >= 11 is 0. The van der Waals surface area contributed by atoms with Gasteiger partial charge in [-0.1, -0.05) is 74.8 Å². The third-order valence-corrected chi connectivity index (χ3v) is 4.55. The molecule has 0 fully saturated rings. The predicted octanol–water partition coefficient (Wildman–Crippen LogP) is 2.51. The zero-order chi connectivity index (χ0) is 24.9. The summed E-state index contributed by atoms with van der Waals surface area (Å²) in [7, 11) is 0. The van der Waals surface area contributed by atoms with Gasteiger partial charge >= 0.3 is 11.9 Å². The van der Waals surface area contributed by atoms with Crippen molar-refractivity contribution in [1.82, 2.24) is 0 Å². The molecule has 0 aromatic carbocycles. The van der Waals surface area contributed by atoms with Crippen molar-refractivity contribution in [2.24, 2.45) is 0 Å². The van der Waals surface area contributed by atoms with E-state index in [-0.39, 0.29) is 25.9 Å². The summed E-state index contributed by atoms with van der Waals surface area (Å²) in [5.41, 5.74) is 0. The van der Waals surface area contributed by atoms with E-state index >= 15 is 0 Å². The average molecular weight is 469 g/mol. The fourth-order valence-electron chi connectivity index (χ4n) is 2.66. The summed E-state index contributed by atoms with van der Waals surface area (Å²) in [6, 6.07) is 0. The Morgan fingerprint density at radius 2 is 1.52 bits per heavy atom. The minimum atomic E-state index is -1.08. The van der Waals surface area contributed by atoms with Gasteiger partial charge in [-0.25, -0.2) is 0 Å². The summed E-state index contributed by atoms with van der Waals surface area (Å²) in [6.07, 6.45) is 14.6. The lowest BCUT2D eigenvalue weighted by Crippen LogP contribution is -2.28. The van der Waals surface area contributed by atoms with Gasteiger partial charge in [0.05, 0.1) is 24.9 Å². The molecule has 0 radical (unpaired) electrons. The normalized spacial score (nSPS) is 15.9. The summed E-state index contributed by atoms with van der Waals surface area (Å²) in [5.74, 6) is -1.12. The van der Waals surface area contributed by atoms with Gasteiger partial charge in [-0.15, -0.1) is 0 Å². The Morgan fingerprint density at radius 3 is 2.12 bits per heavy atom. The van der Waals surface area contributed by atoms with Crippen molar-refractivity contribution in [1.29, 1.82) is 0 Å². The van der Waals surface area contributed by atoms with Gasteiger partial charge in [0, 0.05) is 13.3 Å². The van der Waals surface area contributed by atoms with Gasteiger partial charge in [-0.3, -0.25) is 9.59 Å². The Morgan fingerprint density at radius 1 is 0.879 bits per heavy atom. The molecule has 4 atom stereocenters. The van der Waals surface area contributed by atoms with Crippen molar-refractivity contribution < 1.29 is 39.5 Å². The lowest BCUT2D eigenvalue weighted by molar-refractivity contribution is -0.160. The van der Waals surface area contributed by atoms with E-state index in [9.17, 15) is 24.9 Å². The first-order valence-electron chi connectivity index (χ1n) is 11.5. The summed E-state index contributed by atoms with van der Waals surface area (Å²) in [5, 5.41) is 38.8. The van der Waals surface area contributed by atoms with E-state index in [2.05, 4.69) is 11.7 Å². The van der Waals surface area contributed by atoms with Crippen LogP contribution in [0.1, 0.15) is 58.8 Å². The topological polar surface area (TPSA) is 134 Å². The zero-order valence-corrected chi connectivity index (χ0v) is 19.7. The molecule has 0 aliphatic heterocycles. The molecule has 0 aromatic rings. The van der Waals surface area contributed by atoms with Crippen LogP contribution in [0.5, 0.6) is 0 Å². The van der Waals surface area contributed by atoms with Crippen molar-refractivity contribution in [3.63, 3.8) is 0 Å². The van der Waals surface area contributed by atoms with Crippen molar-refractivity contribution in [2.75, 3.05) is 13.2 Å². The van der Waals surface area contributed by atoms with E-state index in [1.165, 1.54) is 13.0 Å². The Kier molecular flexibility index (Phi) is 19.0. The van der Waals surface area contributed by atoms with Crippen molar-refractivity contribution in [3.05, 3.63) is 48.6 Å². The molecule has 0 saturated carbocycles. The summed E-state index contributed by atoms with van der Waals surface area (Å²) in [4.78, 5) is 22.5. The smallest absolute Gasteiger partial charge is 0.306 e. The molecule has 0 aliphatic rings. The van der Waals surface area contributed by atoms with Crippen LogP contribution >= 0.6 is 0 Å². The van der Waals surface area contributed by atoms with Crippen LogP contribution < -0.4 is 0 Å². The number of hydrogen-bond donors (Lipinski definition) is 4. The van der Waals surface area contributed by atoms with Crippen LogP contribution in [0.15, 0.2) is 48.6 Å². The highest BCUT2D eigenvalue weighted by molar-refractivity contribution is 5.69. The number of unbranched alkanes of at least 4 members (excludes halogenated alkanes) is 2. The number of rotatable bonds is 18. The third kappa shape index (κ3) is 19.0. The van der Waals surface area contributed by atoms with Crippen LogP contribution in [0, 0.1) is 0 Å². The number of aliphatic hydroxyl groups is 4. The molecule has 4 N–H and O–H groups in total. The zero-order valence-electron chi connectivity index (χ0n) is 19.7. The van der Waals surface area contributed by atoms with Crippen LogP contribution in [-0.4, -0.2) is 70.0 Å². The highest BCUT2D eigenvalue weighted by Crippen LogP contribution is 2.09. The molecular weight excluding hydrogens is 428 g/mol. The second kappa shape index (κ2) is 20.4. The Balaban J connectivity index is 4.11. The van der Waals surface area contributed by atoms with Crippen LogP contribution in [-0.2, 0) is 19.1 Å². The third-order valence-electron chi connectivity index (χ3n) is 4.55. The van der Waals surface area contributed by atoms with Crippen LogP contribution in [0.4, 0.5) is 0 Å². The van der Waals surface area contributed by atoms with Crippen molar-refractivity contribution >= 4 is 11.9 Å². The quantitative estimate of drug-likeness (QED) is 0.137. The summed E-state index contributed by atoms with van der Waals surface area (Å²) < 4.78 is 9.68. The van der Waals surface area contributed by atoms with Gasteiger partial charge in [0.25, 0.3) is 0 Å². The van der Waals surface area contributed by atoms with E-state index in [0.717, 1.165) is 25.7 Å². The number of aliphatic hydroxyl groups excluding tert-OH is 4. The molecule has 8 nitrogen and oxygen atoms in total. The molecule has 33 heavy (non-hydrogen) atoms. The monoisotopic (exact) mass is 468 g/mol. The van der Waals surface area contributed by atoms with Gasteiger partial charge < -0.3 is 29.9 Å². The lowest BCUT2D eigenvalue weighted by atomic mass is 10.1. The van der Waals surface area contributed by atoms with E-state index in [4.69, 9.17) is 9.84 Å². The van der Waals surface area contributed by atoms with Gasteiger partial charge in [-0.2, -0.15) is 0 Å². The fraction of sp³-hybridized carbons (Fsp3) is 0.600. The number of ether oxygens (including phenoxy) is 2. The standard InChI is InChI=1S/C25H40O8/c1-3-4-9-13-21(28)14-10-7-5-6-8-11-15-23(29)24(30)16-12-17-25(31)33-22(18-26)19-32-20(2)27/h5-8,10-11,14-15,21-24,26,28-30H,3-4,9,12-13,16-19H2,1-2H3/b7-5-,8-6+,14-10+,15-11+/t21-,22-,23-,24-/m0/s1. The van der Waals surface area contributed by atoms with Crippen molar-refractivity contribution in [3.8, 4) is 0 Å². The minimum absolute atomic E-state index is 0.00438. The molecule has 0 bridgehead atoms. The summed E-state index contributed by atoms with van der Waals surface area (Å²) in [6.45, 7) is 2.65. The molecule has 0 aliphatic carbocycles. The number of allylic oxidation sites excluding steroid dienone is 6. The number of esters is 2. The van der Waals surface area contributed by atoms with Crippen LogP contribution in [0.25, 0.3) is 0 Å². The first kappa shape index (κ1) is 30.7. The maximum Gasteiger partial charge on any atom is 0.306 e. The van der Waals surface area contributed by atoms with Gasteiger partial charge in [0.15, 0.2) is 6.10 Å². The van der Waals surface area contributed by atoms with E-state index < -0.39 is 43.0 Å². The van der Waals surface area contributed by atoms with Gasteiger partial charge in [0.1, 0.15) is 6.61 Å². The van der Waals surface area contributed by atoms with Gasteiger partial charge in [0.2, 0.25) is 0 Å². The molecule has 0 rings (SSSR count). The Bertz CT molecular complexity index is 638. The molecule has 0 saturated heterocycles. The van der Waals surface area contributed by atoms with E-state index in [0.29, 0.717) is 0 Å². The number of carbonyl (C=O) groups is 2. The number of carbonyl (C=O) groups excluding carboxylic acids is 2. The second-order valence-corrected chi connectivity index (χ2v) is 7.65. The minimum Gasteiger partial charge on any atom is -0.462 e. The van der Waals surface area contributed by atoms with Crippen LogP contribution in [0.2, 0.25) is 0 Å². The fourth-order valence-corrected chi connectivity index (χ4v) is 2.66. The number of hydrogen-bond acceptors (Lipinski definition) is 8. The average Bonchev–Trinajstić information content (AvgIpc) is 2.78. The Hall–Kier alpha value is -2.26. The molecular formula is C25H40O8. The Labute approximate surface area is 196 Å². The highest BCUT2D eigenvalue weighted by atomic mass is 16.6.